The Morgan fingerprint density at radius 2 is 1.63 bits per heavy atom. The van der Waals surface area contributed by atoms with Crippen molar-refractivity contribution >= 4 is 23.5 Å². The summed E-state index contributed by atoms with van der Waals surface area (Å²) < 4.78 is 5.58. The van der Waals surface area contributed by atoms with Gasteiger partial charge in [-0.15, -0.1) is 11.8 Å². The summed E-state index contributed by atoms with van der Waals surface area (Å²) in [5.41, 5.74) is 0. The van der Waals surface area contributed by atoms with Gasteiger partial charge in [-0.25, -0.2) is 0 Å². The van der Waals surface area contributed by atoms with Gasteiger partial charge in [-0.3, -0.25) is 0 Å². The van der Waals surface area contributed by atoms with Crippen molar-refractivity contribution in [3.8, 4) is 0 Å². The summed E-state index contributed by atoms with van der Waals surface area (Å²) in [6.45, 7) is 2.73. The van der Waals surface area contributed by atoms with Crippen LogP contribution in [0, 0.1) is 0 Å². The van der Waals surface area contributed by atoms with Gasteiger partial charge < -0.3 is 25.2 Å². The Hall–Kier alpha value is 0.500. The molecule has 0 unspecified atom stereocenters. The molecule has 2 aliphatic heterocycles. The summed E-state index contributed by atoms with van der Waals surface area (Å²) in [5, 5.41) is 38.4. The molecule has 0 bridgehead atoms. The Morgan fingerprint density at radius 1 is 1.00 bits per heavy atom. The van der Waals surface area contributed by atoms with E-state index in [1.807, 2.05) is 0 Å². The zero-order valence-electron chi connectivity index (χ0n) is 10.9. The van der Waals surface area contributed by atoms with Crippen LogP contribution < -0.4 is 0 Å². The molecule has 0 aliphatic carbocycles. The molecular formula is C12H22O5S2. The lowest BCUT2D eigenvalue weighted by atomic mass is 10.1. The van der Waals surface area contributed by atoms with Gasteiger partial charge in [0.1, 0.15) is 0 Å². The Labute approximate surface area is 121 Å². The monoisotopic (exact) mass is 310 g/mol. The van der Waals surface area contributed by atoms with Crippen LogP contribution in [0.2, 0.25) is 0 Å². The van der Waals surface area contributed by atoms with Crippen LogP contribution in [0.1, 0.15) is 13.3 Å². The maximum Gasteiger partial charge on any atom is 0.0951 e. The van der Waals surface area contributed by atoms with E-state index in [0.29, 0.717) is 18.5 Å². The fourth-order valence-corrected chi connectivity index (χ4v) is 5.23. The van der Waals surface area contributed by atoms with Crippen molar-refractivity contribution < 1.29 is 25.2 Å². The van der Waals surface area contributed by atoms with Crippen molar-refractivity contribution in [2.75, 3.05) is 19.8 Å². The second kappa shape index (κ2) is 6.98. The Balaban J connectivity index is 1.71. The van der Waals surface area contributed by atoms with Crippen molar-refractivity contribution in [1.82, 2.24) is 0 Å². The molecule has 0 aromatic carbocycles. The third-order valence-electron chi connectivity index (χ3n) is 3.62. The van der Waals surface area contributed by atoms with Crippen LogP contribution in [0.4, 0.5) is 0 Å². The van der Waals surface area contributed by atoms with Gasteiger partial charge in [0.2, 0.25) is 0 Å². The van der Waals surface area contributed by atoms with Gasteiger partial charge in [-0.05, 0) is 6.42 Å². The number of aliphatic hydroxyl groups excluding tert-OH is 4. The molecule has 4 N–H and O–H groups in total. The van der Waals surface area contributed by atoms with E-state index in [2.05, 4.69) is 6.92 Å². The van der Waals surface area contributed by atoms with E-state index in [-0.39, 0.29) is 28.5 Å². The average molecular weight is 310 g/mol. The van der Waals surface area contributed by atoms with Crippen LogP contribution in [0.15, 0.2) is 0 Å². The van der Waals surface area contributed by atoms with Gasteiger partial charge in [0.15, 0.2) is 0 Å². The van der Waals surface area contributed by atoms with E-state index < -0.39 is 12.2 Å². The largest absolute Gasteiger partial charge is 0.395 e. The second-order valence-corrected chi connectivity index (χ2v) is 8.37. The molecule has 0 amide bonds. The van der Waals surface area contributed by atoms with Gasteiger partial charge >= 0.3 is 0 Å². The second-order valence-electron chi connectivity index (χ2n) is 5.20. The van der Waals surface area contributed by atoms with Crippen molar-refractivity contribution in [2.45, 2.75) is 52.7 Å². The molecular weight excluding hydrogens is 288 g/mol. The highest BCUT2D eigenvalue weighted by atomic mass is 32.2. The molecule has 2 heterocycles. The summed E-state index contributed by atoms with van der Waals surface area (Å²) in [7, 11) is 0. The van der Waals surface area contributed by atoms with E-state index in [0.717, 1.165) is 6.42 Å². The van der Waals surface area contributed by atoms with Crippen LogP contribution in [0.3, 0.4) is 0 Å². The van der Waals surface area contributed by atoms with E-state index in [1.54, 1.807) is 11.8 Å². The Bertz CT molecular complexity index is 293. The lowest BCUT2D eigenvalue weighted by molar-refractivity contribution is 0.00265. The van der Waals surface area contributed by atoms with Crippen LogP contribution in [-0.2, 0) is 4.74 Å². The molecule has 5 nitrogen and oxygen atoms in total. The lowest BCUT2D eigenvalue weighted by Crippen LogP contribution is -2.35. The minimum atomic E-state index is -0.893. The van der Waals surface area contributed by atoms with Crippen LogP contribution in [-0.4, -0.2) is 79.6 Å². The quantitative estimate of drug-likeness (QED) is 0.542. The van der Waals surface area contributed by atoms with Crippen LogP contribution >= 0.6 is 23.5 Å². The summed E-state index contributed by atoms with van der Waals surface area (Å²) in [6.07, 6.45) is -1.28. The first-order chi connectivity index (χ1) is 9.02. The summed E-state index contributed by atoms with van der Waals surface area (Å²) in [4.78, 5) is 0. The topological polar surface area (TPSA) is 90.2 Å². The number of aliphatic hydroxyl groups is 4. The smallest absolute Gasteiger partial charge is 0.0951 e. The molecule has 2 fully saturated rings. The summed E-state index contributed by atoms with van der Waals surface area (Å²) in [6, 6.07) is 0. The van der Waals surface area contributed by atoms with E-state index in [1.165, 1.54) is 11.8 Å². The van der Waals surface area contributed by atoms with Gasteiger partial charge in [0.05, 0.1) is 53.9 Å². The van der Waals surface area contributed by atoms with Crippen molar-refractivity contribution in [3.05, 3.63) is 0 Å². The zero-order chi connectivity index (χ0) is 14.0. The molecule has 112 valence electrons. The standard InChI is InChI=1S/C12H22O5S2/c1-6-2-7(14)9(18-6)4-17-5-10-12(16)11(15)8(3-13)19-10/h6-16H,2-5H2,1H3/t6-,7-,8+,9+,10-,11+,12-/m0/s1. The van der Waals surface area contributed by atoms with E-state index in [9.17, 15) is 15.3 Å². The molecule has 0 saturated carbocycles. The number of rotatable bonds is 5. The molecule has 2 saturated heterocycles. The fraction of sp³-hybridized carbons (Fsp3) is 1.00. The highest BCUT2D eigenvalue weighted by molar-refractivity contribution is 8.01. The first-order valence-electron chi connectivity index (χ1n) is 6.56. The van der Waals surface area contributed by atoms with Gasteiger partial charge in [-0.1, -0.05) is 6.92 Å². The molecule has 19 heavy (non-hydrogen) atoms. The molecule has 0 aromatic rings. The third-order valence-corrected chi connectivity index (χ3v) is 6.61. The fourth-order valence-electron chi connectivity index (χ4n) is 2.50. The Morgan fingerprint density at radius 3 is 2.16 bits per heavy atom. The summed E-state index contributed by atoms with van der Waals surface area (Å²) >= 11 is 3.10. The number of hydrogen-bond acceptors (Lipinski definition) is 7. The van der Waals surface area contributed by atoms with Crippen LogP contribution in [0.5, 0.6) is 0 Å². The van der Waals surface area contributed by atoms with Gasteiger partial charge in [0, 0.05) is 5.25 Å². The normalized spacial score (nSPS) is 46.9. The predicted octanol–water partition coefficient (Wildman–Crippen LogP) is -0.544. The number of thioether (sulfide) groups is 2. The van der Waals surface area contributed by atoms with Gasteiger partial charge in [0.25, 0.3) is 0 Å². The first-order valence-corrected chi connectivity index (χ1v) is 8.45. The predicted molar refractivity (Wildman–Crippen MR) is 76.6 cm³/mol. The number of ether oxygens (including phenoxy) is 1. The SMILES string of the molecule is C[C@H]1C[C@H](O)[C@@H](COC[C@@H]2S[C@H](CO)[C@@H](O)[C@H]2O)S1. The number of hydrogen-bond donors (Lipinski definition) is 4. The van der Waals surface area contributed by atoms with Crippen molar-refractivity contribution in [1.29, 1.82) is 0 Å². The molecule has 7 atom stereocenters. The zero-order valence-corrected chi connectivity index (χ0v) is 12.5. The lowest BCUT2D eigenvalue weighted by Gasteiger charge is -2.18. The maximum absolute atomic E-state index is 9.83. The highest BCUT2D eigenvalue weighted by Crippen LogP contribution is 2.36. The van der Waals surface area contributed by atoms with Crippen molar-refractivity contribution in [3.63, 3.8) is 0 Å². The highest BCUT2D eigenvalue weighted by Gasteiger charge is 2.42. The molecule has 2 aliphatic rings. The first kappa shape index (κ1) is 15.9. The molecule has 2 rings (SSSR count). The average Bonchev–Trinajstić information content (AvgIpc) is 2.83. The van der Waals surface area contributed by atoms with E-state index in [4.69, 9.17) is 9.84 Å². The minimum absolute atomic E-state index is 0.0945. The maximum atomic E-state index is 9.83. The Kier molecular flexibility index (Phi) is 5.83. The third kappa shape index (κ3) is 3.78. The van der Waals surface area contributed by atoms with Gasteiger partial charge in [-0.2, -0.15) is 11.8 Å². The molecule has 0 aromatic heterocycles. The minimum Gasteiger partial charge on any atom is -0.395 e. The summed E-state index contributed by atoms with van der Waals surface area (Å²) in [5.74, 6) is 0. The van der Waals surface area contributed by atoms with Crippen molar-refractivity contribution in [2.24, 2.45) is 0 Å². The molecule has 0 spiro atoms. The van der Waals surface area contributed by atoms with E-state index >= 15 is 0 Å². The molecule has 7 heteroatoms. The van der Waals surface area contributed by atoms with Crippen LogP contribution in [0.25, 0.3) is 0 Å². The molecule has 0 radical (unpaired) electrons.